The number of rotatable bonds is 13. The lowest BCUT2D eigenvalue weighted by Crippen LogP contribution is -1.88. The van der Waals surface area contributed by atoms with Crippen LogP contribution in [-0.4, -0.2) is 15.2 Å². The lowest BCUT2D eigenvalue weighted by Gasteiger charge is -2.02. The maximum Gasteiger partial charge on any atom is 0.365 e. The van der Waals surface area contributed by atoms with Gasteiger partial charge in [0.15, 0.2) is 0 Å². The molecule has 0 aliphatic carbocycles. The zero-order valence-electron chi connectivity index (χ0n) is 12.1. The van der Waals surface area contributed by atoms with Gasteiger partial charge in [-0.2, -0.15) is 0 Å². The van der Waals surface area contributed by atoms with E-state index in [1.807, 2.05) is 0 Å². The van der Waals surface area contributed by atoms with Gasteiger partial charge in [-0.05, 0) is 18.2 Å². The van der Waals surface area contributed by atoms with Gasteiger partial charge in [-0.15, -0.1) is 0 Å². The fraction of sp³-hybridized carbons (Fsp3) is 0.938. The van der Waals surface area contributed by atoms with Crippen molar-refractivity contribution in [1.29, 1.82) is 0 Å². The molecule has 0 unspecified atom stereocenters. The van der Waals surface area contributed by atoms with E-state index in [0.29, 0.717) is 10.4 Å². The molecule has 1 saturated heterocycles. The normalized spacial score (nSPS) is 18.3. The Kier molecular flexibility index (Phi) is 9.73. The molecule has 1 N–H and O–H groups in total. The first-order chi connectivity index (χ1) is 8.84. The second-order valence-electron chi connectivity index (χ2n) is 5.62. The van der Waals surface area contributed by atoms with E-state index in [0.717, 1.165) is 0 Å². The van der Waals surface area contributed by atoms with Crippen molar-refractivity contribution in [3.63, 3.8) is 0 Å². The van der Waals surface area contributed by atoms with Crippen LogP contribution in [0.1, 0.15) is 90.4 Å². The lowest BCUT2D eigenvalue weighted by atomic mass is 10.0. The average Bonchev–Trinajstić information content (AvgIpc) is 3.07. The smallest absolute Gasteiger partial charge is 0.270 e. The minimum atomic E-state index is 0.508. The summed E-state index contributed by atoms with van der Waals surface area (Å²) >= 11 is 1.65. The summed E-state index contributed by atoms with van der Waals surface area (Å²) in [7, 11) is 0. The van der Waals surface area contributed by atoms with E-state index in [1.54, 1.807) is 11.8 Å². The Balaban J connectivity index is 1.64. The second-order valence-corrected chi connectivity index (χ2v) is 6.85. The molecule has 0 saturated carbocycles. The molecule has 1 heterocycles. The molecule has 0 aromatic heterocycles. The molecule has 0 bridgehead atoms. The van der Waals surface area contributed by atoms with Crippen molar-refractivity contribution in [3.8, 4) is 0 Å². The highest BCUT2D eigenvalue weighted by Crippen LogP contribution is 2.36. The van der Waals surface area contributed by atoms with Gasteiger partial charge >= 0.3 is 5.12 Å². The molecule has 0 aromatic carbocycles. The maximum absolute atomic E-state index is 9.08. The van der Waals surface area contributed by atoms with Crippen LogP contribution in [-0.2, 0) is 0 Å². The summed E-state index contributed by atoms with van der Waals surface area (Å²) in [6.07, 6.45) is 18.1. The van der Waals surface area contributed by atoms with Crippen molar-refractivity contribution in [1.82, 2.24) is 0 Å². The molecule has 0 radical (unpaired) electrons. The molecule has 0 amide bonds. The Labute approximate surface area is 117 Å². The summed E-state index contributed by atoms with van der Waals surface area (Å²) < 4.78 is 0. The second kappa shape index (κ2) is 10.9. The first-order valence-corrected chi connectivity index (χ1v) is 8.95. The molecule has 0 spiro atoms. The fourth-order valence-corrected chi connectivity index (χ4v) is 3.09. The lowest BCUT2D eigenvalue weighted by molar-refractivity contribution is 0.541. The highest BCUT2D eigenvalue weighted by atomic mass is 32.2. The first kappa shape index (κ1) is 16.1. The van der Waals surface area contributed by atoms with Gasteiger partial charge in [0, 0.05) is 0 Å². The third-order valence-electron chi connectivity index (χ3n) is 3.80. The molecule has 1 aliphatic heterocycles. The maximum atomic E-state index is 9.08. The highest BCUT2D eigenvalue weighted by Gasteiger charge is 2.43. The average molecular weight is 271 g/mol. The quantitative estimate of drug-likeness (QED) is 0.239. The van der Waals surface area contributed by atoms with Crippen LogP contribution in [0.3, 0.4) is 0 Å². The topological polar surface area (TPSA) is 21.4 Å². The Morgan fingerprint density at radius 1 is 0.778 bits per heavy atom. The van der Waals surface area contributed by atoms with E-state index in [-0.39, 0.29) is 0 Å². The van der Waals surface area contributed by atoms with Crippen LogP contribution in [0.25, 0.3) is 0 Å². The molecular weight excluding hydrogens is 240 g/mol. The molecule has 106 valence electrons. The molecule has 0 aromatic rings. The van der Waals surface area contributed by atoms with Crippen LogP contribution in [0.15, 0.2) is 0 Å². The van der Waals surface area contributed by atoms with E-state index in [4.69, 9.17) is 4.79 Å². The van der Waals surface area contributed by atoms with Gasteiger partial charge in [-0.1, -0.05) is 84.0 Å². The van der Waals surface area contributed by atoms with E-state index < -0.39 is 0 Å². The van der Waals surface area contributed by atoms with Crippen LogP contribution in [0.4, 0.5) is 0 Å². The van der Waals surface area contributed by atoms with Gasteiger partial charge < -0.3 is 0 Å². The van der Waals surface area contributed by atoms with Crippen molar-refractivity contribution >= 4 is 16.9 Å². The van der Waals surface area contributed by atoms with Crippen molar-refractivity contribution in [2.24, 2.45) is 0 Å². The first-order valence-electron chi connectivity index (χ1n) is 8.07. The van der Waals surface area contributed by atoms with Crippen LogP contribution in [0.2, 0.25) is 0 Å². The van der Waals surface area contributed by atoms with Crippen LogP contribution >= 0.6 is 11.8 Å². The number of thioether (sulfide) groups is 1. The number of hydrogen-bond donors (Lipinski definition) is 0. The SMILES string of the molecule is CCCCCCCCCCCCCC[C@H]1SC1=[OH+]. The predicted octanol–water partition coefficient (Wildman–Crippen LogP) is 5.70. The van der Waals surface area contributed by atoms with E-state index in [1.165, 1.54) is 83.5 Å². The molecule has 1 rings (SSSR count). The molecule has 1 atom stereocenters. The largest absolute Gasteiger partial charge is 0.365 e. The summed E-state index contributed by atoms with van der Waals surface area (Å²) in [5.41, 5.74) is 0. The van der Waals surface area contributed by atoms with Gasteiger partial charge in [0.25, 0.3) is 0 Å². The standard InChI is InChI=1S/C16H30OS/c1-2-3-4-5-6-7-8-9-10-11-12-13-14-15-16(17)18-15/h15H,2-14H2,1H3/p+1/t15-/m1/s1. The zero-order chi connectivity index (χ0) is 13.1. The van der Waals surface area contributed by atoms with Gasteiger partial charge in [0.2, 0.25) is 0 Å². The minimum absolute atomic E-state index is 0.508. The molecular formula is C16H31OS+. The van der Waals surface area contributed by atoms with Crippen molar-refractivity contribution in [3.05, 3.63) is 0 Å². The molecule has 1 aliphatic rings. The summed E-state index contributed by atoms with van der Waals surface area (Å²) in [6, 6.07) is 0. The third-order valence-corrected chi connectivity index (χ3v) is 4.82. The Hall–Kier alpha value is 0.0200. The van der Waals surface area contributed by atoms with Crippen LogP contribution in [0, 0.1) is 0 Å². The zero-order valence-corrected chi connectivity index (χ0v) is 12.9. The third kappa shape index (κ3) is 9.02. The van der Waals surface area contributed by atoms with E-state index in [9.17, 15) is 0 Å². The Morgan fingerprint density at radius 2 is 1.17 bits per heavy atom. The van der Waals surface area contributed by atoms with Gasteiger partial charge in [0.05, 0.1) is 0 Å². The molecule has 18 heavy (non-hydrogen) atoms. The van der Waals surface area contributed by atoms with Crippen LogP contribution in [0.5, 0.6) is 0 Å². The summed E-state index contributed by atoms with van der Waals surface area (Å²) in [5, 5.41) is 1.19. The van der Waals surface area contributed by atoms with Crippen molar-refractivity contribution in [2.45, 2.75) is 95.6 Å². The minimum Gasteiger partial charge on any atom is -0.270 e. The summed E-state index contributed by atoms with van der Waals surface area (Å²) in [6.45, 7) is 2.28. The molecule has 1 fully saturated rings. The van der Waals surface area contributed by atoms with Crippen molar-refractivity contribution < 1.29 is 4.79 Å². The number of carbonyl (C=O) groups excluding carboxylic acids is 1. The number of hydrogen-bond acceptors (Lipinski definition) is 1. The van der Waals surface area contributed by atoms with E-state index in [2.05, 4.69) is 6.92 Å². The fourth-order valence-electron chi connectivity index (χ4n) is 2.46. The van der Waals surface area contributed by atoms with Crippen molar-refractivity contribution in [2.75, 3.05) is 0 Å². The van der Waals surface area contributed by atoms with Gasteiger partial charge in [-0.25, -0.2) is 0 Å². The molecule has 1 nitrogen and oxygen atoms in total. The predicted molar refractivity (Wildman–Crippen MR) is 84.0 cm³/mol. The summed E-state index contributed by atoms with van der Waals surface area (Å²) in [4.78, 5) is 9.08. The van der Waals surface area contributed by atoms with E-state index >= 15 is 0 Å². The Morgan fingerprint density at radius 3 is 1.56 bits per heavy atom. The monoisotopic (exact) mass is 271 g/mol. The summed E-state index contributed by atoms with van der Waals surface area (Å²) in [5.74, 6) is 0. The highest BCUT2D eigenvalue weighted by molar-refractivity contribution is 8.25. The number of unbranched alkanes of at least 4 members (excludes halogenated alkanes) is 11. The Bertz CT molecular complexity index is 215. The molecule has 2 heteroatoms. The van der Waals surface area contributed by atoms with Gasteiger partial charge in [0.1, 0.15) is 5.25 Å². The van der Waals surface area contributed by atoms with Crippen LogP contribution < -0.4 is 0 Å². The van der Waals surface area contributed by atoms with Gasteiger partial charge in [-0.3, -0.25) is 4.79 Å².